The van der Waals surface area contributed by atoms with Gasteiger partial charge in [-0.05, 0) is 18.6 Å². The second-order valence-corrected chi connectivity index (χ2v) is 7.01. The molecule has 5 heteroatoms. The van der Waals surface area contributed by atoms with Crippen LogP contribution in [0.25, 0.3) is 5.57 Å². The predicted molar refractivity (Wildman–Crippen MR) is 84.6 cm³/mol. The molecule has 0 aliphatic carbocycles. The lowest BCUT2D eigenvalue weighted by Crippen LogP contribution is -2.23. The third kappa shape index (κ3) is 2.67. The van der Waals surface area contributed by atoms with Gasteiger partial charge in [0, 0.05) is 17.5 Å². The fraction of sp³-hybridized carbons (Fsp3) is 0.118. The van der Waals surface area contributed by atoms with Gasteiger partial charge in [-0.25, -0.2) is 8.42 Å². The minimum absolute atomic E-state index is 0.190. The van der Waals surface area contributed by atoms with E-state index in [2.05, 4.69) is 5.32 Å². The first kappa shape index (κ1) is 14.5. The molecule has 0 unspecified atom stereocenters. The number of hydrogen-bond donors (Lipinski definition) is 1. The van der Waals surface area contributed by atoms with Crippen LogP contribution >= 0.6 is 0 Å². The Hall–Kier alpha value is -2.40. The number of hydrogen-bond acceptors (Lipinski definition) is 3. The van der Waals surface area contributed by atoms with Gasteiger partial charge >= 0.3 is 0 Å². The molecule has 1 N–H and O–H groups in total. The molecule has 0 spiro atoms. The molecule has 1 amide bonds. The van der Waals surface area contributed by atoms with Crippen LogP contribution in [0.15, 0.2) is 58.8 Å². The zero-order valence-corrected chi connectivity index (χ0v) is 12.9. The van der Waals surface area contributed by atoms with Crippen LogP contribution in [0, 0.1) is 6.92 Å². The van der Waals surface area contributed by atoms with Gasteiger partial charge < -0.3 is 5.32 Å². The van der Waals surface area contributed by atoms with Crippen LogP contribution in [0.4, 0.5) is 0 Å². The Morgan fingerprint density at radius 1 is 1.05 bits per heavy atom. The Balaban J connectivity index is 1.80. The maximum atomic E-state index is 12.3. The summed E-state index contributed by atoms with van der Waals surface area (Å²) >= 11 is 0. The van der Waals surface area contributed by atoms with Crippen molar-refractivity contribution in [2.75, 3.05) is 0 Å². The summed E-state index contributed by atoms with van der Waals surface area (Å²) < 4.78 is 24.0. The normalized spacial score (nSPS) is 15.0. The third-order valence-corrected chi connectivity index (χ3v) is 5.09. The van der Waals surface area contributed by atoms with E-state index in [0.29, 0.717) is 12.1 Å². The summed E-state index contributed by atoms with van der Waals surface area (Å²) in [5.41, 5.74) is 2.77. The number of carbonyl (C=O) groups excluding carboxylic acids is 1. The van der Waals surface area contributed by atoms with E-state index in [1.165, 1.54) is 6.07 Å². The molecule has 1 aliphatic rings. The lowest BCUT2D eigenvalue weighted by Gasteiger charge is -2.07. The highest BCUT2D eigenvalue weighted by molar-refractivity contribution is 7.95. The van der Waals surface area contributed by atoms with E-state index in [-0.39, 0.29) is 16.4 Å². The fourth-order valence-corrected chi connectivity index (χ4v) is 3.80. The van der Waals surface area contributed by atoms with Gasteiger partial charge in [0.15, 0.2) is 0 Å². The van der Waals surface area contributed by atoms with Crippen molar-refractivity contribution in [1.82, 2.24) is 5.32 Å². The van der Waals surface area contributed by atoms with Crippen LogP contribution in [-0.4, -0.2) is 14.3 Å². The third-order valence-electron chi connectivity index (χ3n) is 3.58. The average molecular weight is 313 g/mol. The van der Waals surface area contributed by atoms with E-state index < -0.39 is 9.84 Å². The number of rotatable bonds is 3. The summed E-state index contributed by atoms with van der Waals surface area (Å²) in [6.07, 6.45) is 0. The average Bonchev–Trinajstić information content (AvgIpc) is 2.79. The Morgan fingerprint density at radius 3 is 2.45 bits per heavy atom. The molecule has 0 atom stereocenters. The number of amides is 1. The standard InChI is InChI=1S/C17H15NO3S/c1-12-6-8-13(9-7-12)10-18-17(19)15-11-22(20,21)16-5-3-2-4-14(15)16/h2-9,11H,10H2,1H3,(H,18,19). The highest BCUT2D eigenvalue weighted by atomic mass is 32.2. The van der Waals surface area contributed by atoms with E-state index in [1.807, 2.05) is 31.2 Å². The summed E-state index contributed by atoms with van der Waals surface area (Å²) in [5, 5.41) is 3.81. The molecule has 0 saturated heterocycles. The summed E-state index contributed by atoms with van der Waals surface area (Å²) in [7, 11) is -3.51. The van der Waals surface area contributed by atoms with Crippen LogP contribution in [-0.2, 0) is 21.2 Å². The van der Waals surface area contributed by atoms with Crippen LogP contribution < -0.4 is 5.32 Å². The minimum atomic E-state index is -3.51. The van der Waals surface area contributed by atoms with E-state index in [9.17, 15) is 13.2 Å². The summed E-state index contributed by atoms with van der Waals surface area (Å²) in [6.45, 7) is 2.35. The number of sulfone groups is 1. The molecule has 0 radical (unpaired) electrons. The van der Waals surface area contributed by atoms with Crippen molar-refractivity contribution in [3.05, 3.63) is 70.6 Å². The van der Waals surface area contributed by atoms with E-state index in [4.69, 9.17) is 0 Å². The number of carbonyl (C=O) groups is 1. The molecule has 0 fully saturated rings. The van der Waals surface area contributed by atoms with Crippen LogP contribution in [0.5, 0.6) is 0 Å². The largest absolute Gasteiger partial charge is 0.348 e. The number of aryl methyl sites for hydroxylation is 1. The van der Waals surface area contributed by atoms with Crippen molar-refractivity contribution < 1.29 is 13.2 Å². The van der Waals surface area contributed by atoms with Gasteiger partial charge in [-0.1, -0.05) is 48.0 Å². The summed E-state index contributed by atoms with van der Waals surface area (Å²) in [5.74, 6) is -0.380. The molecule has 2 aromatic carbocycles. The monoisotopic (exact) mass is 313 g/mol. The number of nitrogens with one attached hydrogen (secondary N) is 1. The molecule has 0 bridgehead atoms. The maximum absolute atomic E-state index is 12.3. The lowest BCUT2D eigenvalue weighted by molar-refractivity contribution is -0.115. The first-order chi connectivity index (χ1) is 10.5. The van der Waals surface area contributed by atoms with E-state index in [1.54, 1.807) is 18.2 Å². The van der Waals surface area contributed by atoms with Crippen LogP contribution in [0.1, 0.15) is 16.7 Å². The second kappa shape index (κ2) is 5.42. The molecule has 0 saturated carbocycles. The molecule has 0 aromatic heterocycles. The molecule has 1 heterocycles. The first-order valence-electron chi connectivity index (χ1n) is 6.87. The molecule has 2 aromatic rings. The smallest absolute Gasteiger partial charge is 0.252 e. The van der Waals surface area contributed by atoms with Crippen LogP contribution in [0.3, 0.4) is 0 Å². The SMILES string of the molecule is Cc1ccc(CNC(=O)C2=CS(=O)(=O)c3ccccc32)cc1. The Labute approximate surface area is 129 Å². The van der Waals surface area contributed by atoms with Gasteiger partial charge in [0.05, 0.1) is 10.5 Å². The molecule has 4 nitrogen and oxygen atoms in total. The van der Waals surface area contributed by atoms with Crippen molar-refractivity contribution >= 4 is 21.3 Å². The minimum Gasteiger partial charge on any atom is -0.348 e. The summed E-state index contributed by atoms with van der Waals surface area (Å²) in [4.78, 5) is 12.5. The second-order valence-electron chi connectivity index (χ2n) is 5.24. The zero-order valence-electron chi connectivity index (χ0n) is 12.0. The quantitative estimate of drug-likeness (QED) is 0.946. The topological polar surface area (TPSA) is 63.2 Å². The van der Waals surface area contributed by atoms with Gasteiger partial charge in [0.25, 0.3) is 5.91 Å². The molecule has 3 rings (SSSR count). The van der Waals surface area contributed by atoms with Gasteiger partial charge in [-0.2, -0.15) is 0 Å². The van der Waals surface area contributed by atoms with Crippen molar-refractivity contribution in [3.63, 3.8) is 0 Å². The number of benzene rings is 2. The molecule has 112 valence electrons. The van der Waals surface area contributed by atoms with Gasteiger partial charge in [0.1, 0.15) is 0 Å². The number of fused-ring (bicyclic) bond motifs is 1. The zero-order chi connectivity index (χ0) is 15.7. The highest BCUT2D eigenvalue weighted by Crippen LogP contribution is 2.33. The Morgan fingerprint density at radius 2 is 1.73 bits per heavy atom. The van der Waals surface area contributed by atoms with E-state index >= 15 is 0 Å². The summed E-state index contributed by atoms with van der Waals surface area (Å²) in [6, 6.07) is 14.3. The molecule has 22 heavy (non-hydrogen) atoms. The van der Waals surface area contributed by atoms with E-state index in [0.717, 1.165) is 16.5 Å². The lowest BCUT2D eigenvalue weighted by atomic mass is 10.1. The molecular formula is C17H15NO3S. The van der Waals surface area contributed by atoms with Gasteiger partial charge in [-0.15, -0.1) is 0 Å². The highest BCUT2D eigenvalue weighted by Gasteiger charge is 2.29. The van der Waals surface area contributed by atoms with Gasteiger partial charge in [-0.3, -0.25) is 4.79 Å². The Bertz CT molecular complexity index is 865. The fourth-order valence-electron chi connectivity index (χ4n) is 2.38. The van der Waals surface area contributed by atoms with Crippen molar-refractivity contribution in [2.24, 2.45) is 0 Å². The van der Waals surface area contributed by atoms with Gasteiger partial charge in [0.2, 0.25) is 9.84 Å². The Kier molecular flexibility index (Phi) is 3.58. The molecular weight excluding hydrogens is 298 g/mol. The molecule has 1 aliphatic heterocycles. The first-order valence-corrected chi connectivity index (χ1v) is 8.42. The van der Waals surface area contributed by atoms with Crippen molar-refractivity contribution in [1.29, 1.82) is 0 Å². The van der Waals surface area contributed by atoms with Crippen molar-refractivity contribution in [3.8, 4) is 0 Å². The van der Waals surface area contributed by atoms with Crippen LogP contribution in [0.2, 0.25) is 0 Å². The van der Waals surface area contributed by atoms with Crippen molar-refractivity contribution in [2.45, 2.75) is 18.4 Å². The predicted octanol–water partition coefficient (Wildman–Crippen LogP) is 2.44. The maximum Gasteiger partial charge on any atom is 0.252 e.